The van der Waals surface area contributed by atoms with Gasteiger partial charge in [0.1, 0.15) is 0 Å². The molecule has 8 nitrogen and oxygen atoms in total. The van der Waals surface area contributed by atoms with Crippen molar-refractivity contribution in [3.8, 4) is 0 Å². The molecule has 0 aromatic heterocycles. The molecule has 0 amide bonds. The van der Waals surface area contributed by atoms with E-state index in [0.717, 1.165) is 58.5 Å². The third-order valence-corrected chi connectivity index (χ3v) is 4.10. The van der Waals surface area contributed by atoms with E-state index >= 15 is 0 Å². The summed E-state index contributed by atoms with van der Waals surface area (Å²) in [6.07, 6.45) is 3.42. The van der Waals surface area contributed by atoms with Gasteiger partial charge in [-0.05, 0) is 19.4 Å². The monoisotopic (exact) mass is 345 g/mol. The molecule has 1 atom stereocenters. The van der Waals surface area contributed by atoms with Crippen molar-refractivity contribution in [2.75, 3.05) is 72.6 Å². The molecule has 0 aliphatic rings. The molecule has 24 heavy (non-hydrogen) atoms. The Balaban J connectivity index is 4.54. The Morgan fingerprint density at radius 3 is 2.00 bits per heavy atom. The number of hydrogen-bond acceptors (Lipinski definition) is 8. The minimum absolute atomic E-state index is 0.442. The zero-order valence-corrected chi connectivity index (χ0v) is 15.6. The lowest BCUT2D eigenvalue weighted by Crippen LogP contribution is -2.49. The number of nitrogens with two attached hydrogens (primary N) is 4. The van der Waals surface area contributed by atoms with Gasteiger partial charge in [-0.2, -0.15) is 0 Å². The summed E-state index contributed by atoms with van der Waals surface area (Å²) in [4.78, 5) is 4.77. The molecule has 0 saturated carbocycles. The number of nitrogens with zero attached hydrogens (tertiary/aromatic N) is 2. The Morgan fingerprint density at radius 1 is 0.917 bits per heavy atom. The van der Waals surface area contributed by atoms with Crippen molar-refractivity contribution in [2.45, 2.75) is 25.3 Å². The Hall–Kier alpha value is -0.255. The molecule has 0 fully saturated rings. The fraction of sp³-hybridized carbons (Fsp3) is 1.00. The topological polar surface area (TPSA) is 132 Å². The molecule has 0 aliphatic heterocycles. The van der Waals surface area contributed by atoms with E-state index in [4.69, 9.17) is 27.6 Å². The summed E-state index contributed by atoms with van der Waals surface area (Å²) in [5.74, 6) is 0. The van der Waals surface area contributed by atoms with Gasteiger partial charge < -0.3 is 32.8 Å². The van der Waals surface area contributed by atoms with Gasteiger partial charge in [0.05, 0.1) is 0 Å². The molecule has 0 aromatic carbocycles. The minimum Gasteiger partial charge on any atom is -0.427 e. The van der Waals surface area contributed by atoms with E-state index in [2.05, 4.69) is 15.0 Å². The summed E-state index contributed by atoms with van der Waals surface area (Å²) in [5.41, 5.74) is 23.1. The van der Waals surface area contributed by atoms with Gasteiger partial charge in [-0.25, -0.2) is 0 Å². The first-order chi connectivity index (χ1) is 11.7. The van der Waals surface area contributed by atoms with Crippen molar-refractivity contribution < 1.29 is 4.65 Å². The van der Waals surface area contributed by atoms with E-state index in [0.29, 0.717) is 39.8 Å². The lowest BCUT2D eigenvalue weighted by atomic mass is 10.1. The van der Waals surface area contributed by atoms with Crippen LogP contribution >= 0.6 is 0 Å². The maximum absolute atomic E-state index is 5.80. The summed E-state index contributed by atoms with van der Waals surface area (Å²) in [6, 6.07) is 0.442. The van der Waals surface area contributed by atoms with Crippen molar-refractivity contribution in [1.82, 2.24) is 15.0 Å². The Labute approximate surface area is 148 Å². The smallest absolute Gasteiger partial charge is 0.360 e. The van der Waals surface area contributed by atoms with Crippen LogP contribution in [-0.4, -0.2) is 96.0 Å². The van der Waals surface area contributed by atoms with E-state index < -0.39 is 0 Å². The van der Waals surface area contributed by atoms with Gasteiger partial charge >= 0.3 is 7.62 Å². The van der Waals surface area contributed by atoms with E-state index in [1.807, 2.05) is 0 Å². The standard InChI is InChI=1S/C15H40BN7O/c1-24-16-21-9-3-2-4-15(23(12-7-19)13-8-20)14-22(10-5-17)11-6-18/h15-16,21H,2-14,17-20H2,1H3. The van der Waals surface area contributed by atoms with Gasteiger partial charge in [0.25, 0.3) is 0 Å². The molecule has 0 heterocycles. The maximum Gasteiger partial charge on any atom is 0.360 e. The van der Waals surface area contributed by atoms with E-state index in [1.165, 1.54) is 0 Å². The molecule has 144 valence electrons. The SMILES string of the molecule is COBNCCCCC(CN(CCN)CCN)N(CCN)CCN. The highest BCUT2D eigenvalue weighted by molar-refractivity contribution is 6.23. The molecule has 0 aromatic rings. The van der Waals surface area contributed by atoms with Crippen LogP contribution in [0.1, 0.15) is 19.3 Å². The van der Waals surface area contributed by atoms with Crippen LogP contribution in [-0.2, 0) is 4.65 Å². The molecule has 9 N–H and O–H groups in total. The van der Waals surface area contributed by atoms with Crippen LogP contribution in [0.2, 0.25) is 0 Å². The van der Waals surface area contributed by atoms with Gasteiger partial charge in [-0.3, -0.25) is 9.80 Å². The highest BCUT2D eigenvalue weighted by Gasteiger charge is 2.20. The first-order valence-corrected chi connectivity index (χ1v) is 9.19. The molecule has 0 radical (unpaired) electrons. The Bertz CT molecular complexity index is 252. The summed E-state index contributed by atoms with van der Waals surface area (Å²) in [6.45, 7) is 8.07. The average Bonchev–Trinajstić information content (AvgIpc) is 2.57. The predicted octanol–water partition coefficient (Wildman–Crippen LogP) is -2.53. The average molecular weight is 345 g/mol. The first kappa shape index (κ1) is 23.7. The van der Waals surface area contributed by atoms with Gasteiger partial charge in [-0.15, -0.1) is 0 Å². The zero-order chi connectivity index (χ0) is 18.0. The second-order valence-electron chi connectivity index (χ2n) is 6.07. The van der Waals surface area contributed by atoms with Crippen molar-refractivity contribution in [3.05, 3.63) is 0 Å². The largest absolute Gasteiger partial charge is 0.427 e. The number of rotatable bonds is 18. The molecule has 1 unspecified atom stereocenters. The van der Waals surface area contributed by atoms with Crippen LogP contribution in [0.15, 0.2) is 0 Å². The summed E-state index contributed by atoms with van der Waals surface area (Å²) < 4.78 is 5.00. The van der Waals surface area contributed by atoms with Crippen LogP contribution < -0.4 is 28.2 Å². The van der Waals surface area contributed by atoms with E-state index in [1.54, 1.807) is 7.11 Å². The van der Waals surface area contributed by atoms with Crippen LogP contribution in [0, 0.1) is 0 Å². The molecule has 0 saturated heterocycles. The zero-order valence-electron chi connectivity index (χ0n) is 15.6. The van der Waals surface area contributed by atoms with E-state index in [9.17, 15) is 0 Å². The van der Waals surface area contributed by atoms with Gasteiger partial charge in [0.15, 0.2) is 0 Å². The van der Waals surface area contributed by atoms with Crippen LogP contribution in [0.4, 0.5) is 0 Å². The third kappa shape index (κ3) is 12.2. The second kappa shape index (κ2) is 17.6. The highest BCUT2D eigenvalue weighted by Crippen LogP contribution is 2.10. The highest BCUT2D eigenvalue weighted by atomic mass is 16.4. The van der Waals surface area contributed by atoms with Gasteiger partial charge in [0, 0.05) is 72.1 Å². The number of hydrogen-bond donors (Lipinski definition) is 5. The van der Waals surface area contributed by atoms with Crippen molar-refractivity contribution in [1.29, 1.82) is 0 Å². The minimum atomic E-state index is 0.442. The maximum atomic E-state index is 5.80. The van der Waals surface area contributed by atoms with E-state index in [-0.39, 0.29) is 0 Å². The number of unbranched alkanes of at least 4 members (excludes halogenated alkanes) is 1. The number of nitrogens with one attached hydrogen (secondary N) is 1. The van der Waals surface area contributed by atoms with Gasteiger partial charge in [-0.1, -0.05) is 6.42 Å². The van der Waals surface area contributed by atoms with Crippen LogP contribution in [0.5, 0.6) is 0 Å². The molecule has 9 heteroatoms. The summed E-state index contributed by atoms with van der Waals surface area (Å²) in [5, 5.41) is 3.25. The van der Waals surface area contributed by atoms with Crippen molar-refractivity contribution in [2.24, 2.45) is 22.9 Å². The molecule has 0 bridgehead atoms. The normalized spacial score (nSPS) is 13.0. The second-order valence-corrected chi connectivity index (χ2v) is 6.07. The van der Waals surface area contributed by atoms with Crippen molar-refractivity contribution >= 4 is 7.62 Å². The third-order valence-electron chi connectivity index (χ3n) is 4.10. The molecule has 0 spiro atoms. The summed E-state index contributed by atoms with van der Waals surface area (Å²) >= 11 is 0. The molecule has 0 aliphatic carbocycles. The summed E-state index contributed by atoms with van der Waals surface area (Å²) in [7, 11) is 2.31. The molecular formula is C15H40BN7O. The lowest BCUT2D eigenvalue weighted by Gasteiger charge is -2.35. The molecule has 0 rings (SSSR count). The Kier molecular flexibility index (Phi) is 17.4. The first-order valence-electron chi connectivity index (χ1n) is 9.19. The Morgan fingerprint density at radius 2 is 1.50 bits per heavy atom. The quantitative estimate of drug-likeness (QED) is 0.136. The fourth-order valence-corrected chi connectivity index (χ4v) is 2.96. The van der Waals surface area contributed by atoms with Gasteiger partial charge in [0.2, 0.25) is 0 Å². The lowest BCUT2D eigenvalue weighted by molar-refractivity contribution is 0.137. The van der Waals surface area contributed by atoms with Crippen LogP contribution in [0.3, 0.4) is 0 Å². The fourth-order valence-electron chi connectivity index (χ4n) is 2.96. The van der Waals surface area contributed by atoms with Crippen LogP contribution in [0.25, 0.3) is 0 Å². The molecular weight excluding hydrogens is 305 g/mol. The predicted molar refractivity (Wildman–Crippen MR) is 104 cm³/mol. The van der Waals surface area contributed by atoms with Crippen molar-refractivity contribution in [3.63, 3.8) is 0 Å².